The quantitative estimate of drug-likeness (QED) is 0.815. The Bertz CT molecular complexity index is 641. The Morgan fingerprint density at radius 3 is 2.52 bits per heavy atom. The summed E-state index contributed by atoms with van der Waals surface area (Å²) in [6, 6.07) is 16.6. The van der Waals surface area contributed by atoms with E-state index in [1.165, 1.54) is 12.5 Å². The molecule has 4 nitrogen and oxygen atoms in total. The number of hydrogen-bond donors (Lipinski definition) is 2. The molecule has 0 unspecified atom stereocenters. The van der Waals surface area contributed by atoms with Gasteiger partial charge in [0.1, 0.15) is 5.75 Å². The van der Waals surface area contributed by atoms with Gasteiger partial charge in [0.05, 0.1) is 12.8 Å². The van der Waals surface area contributed by atoms with Crippen LogP contribution in [0.2, 0.25) is 0 Å². The highest BCUT2D eigenvalue weighted by atomic mass is 16.5. The number of anilines is 1. The summed E-state index contributed by atoms with van der Waals surface area (Å²) >= 11 is 0. The second-order valence-electron chi connectivity index (χ2n) is 5.47. The van der Waals surface area contributed by atoms with E-state index in [0.29, 0.717) is 17.5 Å². The summed E-state index contributed by atoms with van der Waals surface area (Å²) in [7, 11) is 1.60. The molecule has 0 aromatic heterocycles. The predicted octanol–water partition coefficient (Wildman–Crippen LogP) is 3.89. The number of hydrogen-bond acceptors (Lipinski definition) is 3. The van der Waals surface area contributed by atoms with Gasteiger partial charge in [0, 0.05) is 19.5 Å². The van der Waals surface area contributed by atoms with Gasteiger partial charge in [-0.15, -0.1) is 0 Å². The van der Waals surface area contributed by atoms with Gasteiger partial charge >= 0.3 is 0 Å². The number of methoxy groups -OCH3 is 1. The topological polar surface area (TPSA) is 50.4 Å². The lowest BCUT2D eigenvalue weighted by molar-refractivity contribution is -0.114. The van der Waals surface area contributed by atoms with Crippen molar-refractivity contribution in [3.63, 3.8) is 0 Å². The average Bonchev–Trinajstić information content (AvgIpc) is 2.56. The largest absolute Gasteiger partial charge is 0.495 e. The molecule has 0 aliphatic rings. The molecular weight excluding hydrogens is 288 g/mol. The minimum Gasteiger partial charge on any atom is -0.495 e. The van der Waals surface area contributed by atoms with Crippen molar-refractivity contribution in [1.82, 2.24) is 5.32 Å². The Hall–Kier alpha value is -2.33. The molecule has 2 aromatic carbocycles. The molecule has 4 heteroatoms. The molecule has 0 bridgehead atoms. The van der Waals surface area contributed by atoms with E-state index in [4.69, 9.17) is 4.74 Å². The van der Waals surface area contributed by atoms with E-state index in [2.05, 4.69) is 41.8 Å². The minimum absolute atomic E-state index is 0.107. The van der Waals surface area contributed by atoms with Crippen molar-refractivity contribution < 1.29 is 9.53 Å². The number of benzene rings is 2. The molecule has 2 aromatic rings. The fourth-order valence-corrected chi connectivity index (χ4v) is 2.58. The molecule has 2 N–H and O–H groups in total. The number of nitrogens with one attached hydrogen (secondary N) is 2. The zero-order valence-corrected chi connectivity index (χ0v) is 13.9. The van der Waals surface area contributed by atoms with Gasteiger partial charge in [0.2, 0.25) is 5.91 Å². The monoisotopic (exact) mass is 312 g/mol. The third-order valence-corrected chi connectivity index (χ3v) is 3.74. The molecule has 0 aliphatic heterocycles. The number of rotatable bonds is 7. The van der Waals surface area contributed by atoms with Crippen molar-refractivity contribution in [1.29, 1.82) is 0 Å². The number of ether oxygens (including phenoxy) is 1. The van der Waals surface area contributed by atoms with Crippen LogP contribution in [-0.2, 0) is 11.3 Å². The van der Waals surface area contributed by atoms with Gasteiger partial charge in [-0.05, 0) is 29.7 Å². The average molecular weight is 312 g/mol. The first kappa shape index (κ1) is 17.0. The summed E-state index contributed by atoms with van der Waals surface area (Å²) in [5, 5.41) is 6.37. The molecule has 0 radical (unpaired) electrons. The highest BCUT2D eigenvalue weighted by Gasteiger charge is 2.10. The molecule has 23 heavy (non-hydrogen) atoms. The van der Waals surface area contributed by atoms with Gasteiger partial charge in [-0.2, -0.15) is 0 Å². The molecule has 1 amide bonds. The predicted molar refractivity (Wildman–Crippen MR) is 93.6 cm³/mol. The number of amides is 1. The first-order valence-electron chi connectivity index (χ1n) is 7.87. The van der Waals surface area contributed by atoms with Gasteiger partial charge in [-0.25, -0.2) is 0 Å². The molecule has 0 fully saturated rings. The van der Waals surface area contributed by atoms with E-state index in [-0.39, 0.29) is 5.91 Å². The maximum Gasteiger partial charge on any atom is 0.221 e. The minimum atomic E-state index is -0.107. The van der Waals surface area contributed by atoms with Crippen LogP contribution in [-0.4, -0.2) is 13.0 Å². The highest BCUT2D eigenvalue weighted by Crippen LogP contribution is 2.26. The fourth-order valence-electron chi connectivity index (χ4n) is 2.58. The van der Waals surface area contributed by atoms with Crippen LogP contribution in [0.5, 0.6) is 5.75 Å². The SMILES string of the molecule is CC[C@@H](NCc1ccc(OC)c(NC(C)=O)c1)c1ccccc1. The van der Waals surface area contributed by atoms with E-state index >= 15 is 0 Å². The van der Waals surface area contributed by atoms with Crippen LogP contribution < -0.4 is 15.4 Å². The molecule has 0 saturated carbocycles. The Morgan fingerprint density at radius 2 is 1.91 bits per heavy atom. The summed E-state index contributed by atoms with van der Waals surface area (Å²) in [5.41, 5.74) is 3.08. The van der Waals surface area contributed by atoms with E-state index in [1.807, 2.05) is 24.3 Å². The normalized spacial score (nSPS) is 11.8. The smallest absolute Gasteiger partial charge is 0.221 e. The molecule has 1 atom stereocenters. The second kappa shape index (κ2) is 8.34. The van der Waals surface area contributed by atoms with Crippen molar-refractivity contribution in [2.45, 2.75) is 32.9 Å². The second-order valence-corrected chi connectivity index (χ2v) is 5.47. The Kier molecular flexibility index (Phi) is 6.18. The number of carbonyl (C=O) groups is 1. The molecule has 2 rings (SSSR count). The summed E-state index contributed by atoms with van der Waals surface area (Å²) in [6.07, 6.45) is 1.01. The Morgan fingerprint density at radius 1 is 1.17 bits per heavy atom. The van der Waals surface area contributed by atoms with Gasteiger partial charge in [0.15, 0.2) is 0 Å². The van der Waals surface area contributed by atoms with Crippen molar-refractivity contribution in [3.8, 4) is 5.75 Å². The van der Waals surface area contributed by atoms with Crippen LogP contribution in [0.15, 0.2) is 48.5 Å². The number of carbonyl (C=O) groups excluding carboxylic acids is 1. The standard InChI is InChI=1S/C19H24N2O2/c1-4-17(16-8-6-5-7-9-16)20-13-15-10-11-19(23-3)18(12-15)21-14(2)22/h5-12,17,20H,4,13H2,1-3H3,(H,21,22)/t17-/m1/s1. The maximum atomic E-state index is 11.3. The first-order valence-corrected chi connectivity index (χ1v) is 7.87. The van der Waals surface area contributed by atoms with Crippen LogP contribution in [0.1, 0.15) is 37.4 Å². The molecule has 122 valence electrons. The van der Waals surface area contributed by atoms with Crippen molar-refractivity contribution >= 4 is 11.6 Å². The molecule has 0 aliphatic carbocycles. The van der Waals surface area contributed by atoms with Crippen LogP contribution in [0, 0.1) is 0 Å². The fraction of sp³-hybridized carbons (Fsp3) is 0.316. The first-order chi connectivity index (χ1) is 11.1. The van der Waals surface area contributed by atoms with Crippen LogP contribution in [0.3, 0.4) is 0 Å². The van der Waals surface area contributed by atoms with E-state index in [0.717, 1.165) is 18.5 Å². The van der Waals surface area contributed by atoms with E-state index < -0.39 is 0 Å². The van der Waals surface area contributed by atoms with Gasteiger partial charge in [-0.3, -0.25) is 4.79 Å². The van der Waals surface area contributed by atoms with Crippen molar-refractivity contribution in [2.75, 3.05) is 12.4 Å². The Labute approximate surface area is 137 Å². The lowest BCUT2D eigenvalue weighted by Gasteiger charge is -2.18. The third kappa shape index (κ3) is 4.83. The summed E-state index contributed by atoms with van der Waals surface area (Å²) in [6.45, 7) is 4.39. The lowest BCUT2D eigenvalue weighted by atomic mass is 10.0. The third-order valence-electron chi connectivity index (χ3n) is 3.74. The lowest BCUT2D eigenvalue weighted by Crippen LogP contribution is -2.20. The summed E-state index contributed by atoms with van der Waals surface area (Å²) in [4.78, 5) is 11.3. The highest BCUT2D eigenvalue weighted by molar-refractivity contribution is 5.90. The van der Waals surface area contributed by atoms with Crippen LogP contribution in [0.25, 0.3) is 0 Å². The van der Waals surface area contributed by atoms with E-state index in [1.54, 1.807) is 7.11 Å². The zero-order valence-electron chi connectivity index (χ0n) is 13.9. The molecule has 0 saturated heterocycles. The van der Waals surface area contributed by atoms with Gasteiger partial charge < -0.3 is 15.4 Å². The van der Waals surface area contributed by atoms with Gasteiger partial charge in [-0.1, -0.05) is 43.3 Å². The summed E-state index contributed by atoms with van der Waals surface area (Å²) in [5.74, 6) is 0.559. The van der Waals surface area contributed by atoms with Crippen LogP contribution in [0.4, 0.5) is 5.69 Å². The van der Waals surface area contributed by atoms with E-state index in [9.17, 15) is 4.79 Å². The maximum absolute atomic E-state index is 11.3. The van der Waals surface area contributed by atoms with Gasteiger partial charge in [0.25, 0.3) is 0 Å². The van der Waals surface area contributed by atoms with Crippen molar-refractivity contribution in [3.05, 3.63) is 59.7 Å². The molecule has 0 heterocycles. The molecular formula is C19H24N2O2. The zero-order chi connectivity index (χ0) is 16.7. The van der Waals surface area contributed by atoms with Crippen LogP contribution >= 0.6 is 0 Å². The molecule has 0 spiro atoms. The Balaban J connectivity index is 2.09. The van der Waals surface area contributed by atoms with Crippen molar-refractivity contribution in [2.24, 2.45) is 0 Å². The summed E-state index contributed by atoms with van der Waals surface area (Å²) < 4.78 is 5.28.